The van der Waals surface area contributed by atoms with Crippen LogP contribution < -0.4 is 0 Å². The number of carbonyl (C=O) groups excluding carboxylic acids is 1. The highest BCUT2D eigenvalue weighted by molar-refractivity contribution is 5.75. The highest BCUT2D eigenvalue weighted by atomic mass is 16.3. The van der Waals surface area contributed by atoms with Gasteiger partial charge in [-0.15, -0.1) is 0 Å². The molecule has 3 nitrogen and oxygen atoms in total. The summed E-state index contributed by atoms with van der Waals surface area (Å²) in [5.41, 5.74) is 0. The third-order valence-corrected chi connectivity index (χ3v) is 2.29. The van der Waals surface area contributed by atoms with Crippen molar-refractivity contribution in [1.29, 1.82) is 0 Å². The molecule has 3 heteroatoms. The van der Waals surface area contributed by atoms with Gasteiger partial charge in [0.15, 0.2) is 0 Å². The molecule has 0 atom stereocenters. The topological polar surface area (TPSA) is 33.5 Å². The van der Waals surface area contributed by atoms with Crippen molar-refractivity contribution in [1.82, 2.24) is 4.90 Å². The molecule has 1 heterocycles. The van der Waals surface area contributed by atoms with Gasteiger partial charge in [-0.05, 0) is 46.0 Å². The van der Waals surface area contributed by atoms with Gasteiger partial charge in [0.2, 0.25) is 0 Å². The molecule has 0 unspecified atom stereocenters. The first-order chi connectivity index (χ1) is 7.08. The molecule has 0 radical (unpaired) electrons. The van der Waals surface area contributed by atoms with Crippen LogP contribution in [0.1, 0.15) is 31.3 Å². The first-order valence-electron chi connectivity index (χ1n) is 5.31. The first kappa shape index (κ1) is 12.0. The van der Waals surface area contributed by atoms with Crippen molar-refractivity contribution in [2.24, 2.45) is 0 Å². The van der Waals surface area contributed by atoms with Gasteiger partial charge in [-0.2, -0.15) is 0 Å². The SMILES string of the molecule is CC(=O)CCCN(C)Cc1ccc(C)o1. The quantitative estimate of drug-likeness (QED) is 0.721. The maximum atomic E-state index is 10.7. The number of aryl methyl sites for hydroxylation is 1. The number of nitrogens with zero attached hydrogens (tertiary/aromatic N) is 1. The van der Waals surface area contributed by atoms with E-state index in [1.165, 1.54) is 0 Å². The van der Waals surface area contributed by atoms with Gasteiger partial charge in [-0.1, -0.05) is 0 Å². The molecule has 15 heavy (non-hydrogen) atoms. The van der Waals surface area contributed by atoms with E-state index >= 15 is 0 Å². The highest BCUT2D eigenvalue weighted by Crippen LogP contribution is 2.08. The number of furan rings is 1. The van der Waals surface area contributed by atoms with Gasteiger partial charge in [-0.3, -0.25) is 4.90 Å². The minimum atomic E-state index is 0.261. The van der Waals surface area contributed by atoms with Gasteiger partial charge in [-0.25, -0.2) is 0 Å². The zero-order chi connectivity index (χ0) is 11.3. The van der Waals surface area contributed by atoms with Crippen LogP contribution >= 0.6 is 0 Å². The Morgan fingerprint density at radius 2 is 2.20 bits per heavy atom. The van der Waals surface area contributed by atoms with E-state index in [0.29, 0.717) is 6.42 Å². The number of Topliss-reactive ketones (excluding diaryl/α,β-unsaturated/α-hetero) is 1. The van der Waals surface area contributed by atoms with Gasteiger partial charge >= 0.3 is 0 Å². The average Bonchev–Trinajstić information content (AvgIpc) is 2.50. The fourth-order valence-corrected chi connectivity index (χ4v) is 1.51. The highest BCUT2D eigenvalue weighted by Gasteiger charge is 2.04. The summed E-state index contributed by atoms with van der Waals surface area (Å²) in [5.74, 6) is 2.19. The molecule has 1 aromatic rings. The third-order valence-electron chi connectivity index (χ3n) is 2.29. The summed E-state index contributed by atoms with van der Waals surface area (Å²) in [6.07, 6.45) is 1.59. The molecule has 84 valence electrons. The lowest BCUT2D eigenvalue weighted by atomic mass is 10.2. The summed E-state index contributed by atoms with van der Waals surface area (Å²) in [7, 11) is 2.04. The lowest BCUT2D eigenvalue weighted by molar-refractivity contribution is -0.117. The maximum Gasteiger partial charge on any atom is 0.129 e. The minimum absolute atomic E-state index is 0.261. The smallest absolute Gasteiger partial charge is 0.129 e. The van der Waals surface area contributed by atoms with Crippen LogP contribution in [0, 0.1) is 6.92 Å². The largest absolute Gasteiger partial charge is 0.465 e. The molecule has 0 amide bonds. The fourth-order valence-electron chi connectivity index (χ4n) is 1.51. The molecule has 0 aliphatic carbocycles. The number of carbonyl (C=O) groups is 1. The molecular formula is C12H19NO2. The predicted molar refractivity (Wildman–Crippen MR) is 59.7 cm³/mol. The van der Waals surface area contributed by atoms with Crippen LogP contribution in [0.15, 0.2) is 16.5 Å². The van der Waals surface area contributed by atoms with Crippen LogP contribution in [0.5, 0.6) is 0 Å². The summed E-state index contributed by atoms with van der Waals surface area (Å²) in [6, 6.07) is 3.97. The van der Waals surface area contributed by atoms with E-state index in [-0.39, 0.29) is 5.78 Å². The van der Waals surface area contributed by atoms with Crippen LogP contribution in [0.3, 0.4) is 0 Å². The summed E-state index contributed by atoms with van der Waals surface area (Å²) in [5, 5.41) is 0. The van der Waals surface area contributed by atoms with Gasteiger partial charge in [0.05, 0.1) is 6.54 Å². The molecule has 1 aromatic heterocycles. The number of hydrogen-bond donors (Lipinski definition) is 0. The zero-order valence-electron chi connectivity index (χ0n) is 9.75. The first-order valence-corrected chi connectivity index (χ1v) is 5.31. The van der Waals surface area contributed by atoms with E-state index in [1.54, 1.807) is 6.92 Å². The van der Waals surface area contributed by atoms with E-state index in [2.05, 4.69) is 4.90 Å². The summed E-state index contributed by atoms with van der Waals surface area (Å²) >= 11 is 0. The second-order valence-corrected chi connectivity index (χ2v) is 4.06. The summed E-state index contributed by atoms with van der Waals surface area (Å²) in [4.78, 5) is 12.9. The van der Waals surface area contributed by atoms with Gasteiger partial charge in [0.1, 0.15) is 17.3 Å². The lowest BCUT2D eigenvalue weighted by Gasteiger charge is -2.14. The normalized spacial score (nSPS) is 10.9. The Kier molecular flexibility index (Phi) is 4.56. The Morgan fingerprint density at radius 1 is 1.47 bits per heavy atom. The second kappa shape index (κ2) is 5.71. The molecule has 0 aliphatic rings. The van der Waals surface area contributed by atoms with E-state index in [9.17, 15) is 4.79 Å². The molecule has 0 aliphatic heterocycles. The average molecular weight is 209 g/mol. The molecular weight excluding hydrogens is 190 g/mol. The molecule has 0 aromatic carbocycles. The van der Waals surface area contributed by atoms with Gasteiger partial charge in [0.25, 0.3) is 0 Å². The Bertz CT molecular complexity index is 317. The molecule has 0 saturated carbocycles. The van der Waals surface area contributed by atoms with Crippen LogP contribution in [-0.2, 0) is 11.3 Å². The van der Waals surface area contributed by atoms with E-state index < -0.39 is 0 Å². The Labute approximate surface area is 91.1 Å². The maximum absolute atomic E-state index is 10.7. The summed E-state index contributed by atoms with van der Waals surface area (Å²) in [6.45, 7) is 5.32. The third kappa shape index (κ3) is 4.79. The van der Waals surface area contributed by atoms with Gasteiger partial charge in [0, 0.05) is 6.42 Å². The van der Waals surface area contributed by atoms with E-state index in [4.69, 9.17) is 4.42 Å². The number of rotatable bonds is 6. The molecule has 1 rings (SSSR count). The van der Waals surface area contributed by atoms with Crippen molar-refractivity contribution in [2.45, 2.75) is 33.2 Å². The van der Waals surface area contributed by atoms with Crippen LogP contribution in [0.25, 0.3) is 0 Å². The molecule has 0 saturated heterocycles. The standard InChI is InChI=1S/C12H19NO2/c1-10(14)5-4-8-13(3)9-12-7-6-11(2)15-12/h6-7H,4-5,8-9H2,1-3H3. The Balaban J connectivity index is 2.24. The van der Waals surface area contributed by atoms with E-state index in [0.717, 1.165) is 31.0 Å². The number of hydrogen-bond acceptors (Lipinski definition) is 3. The van der Waals surface area contributed by atoms with Crippen molar-refractivity contribution in [3.8, 4) is 0 Å². The van der Waals surface area contributed by atoms with Crippen LogP contribution in [0.4, 0.5) is 0 Å². The monoisotopic (exact) mass is 209 g/mol. The Hall–Kier alpha value is -1.09. The number of ketones is 1. The summed E-state index contributed by atoms with van der Waals surface area (Å²) < 4.78 is 5.47. The second-order valence-electron chi connectivity index (χ2n) is 4.06. The van der Waals surface area contributed by atoms with Crippen molar-refractivity contribution in [3.05, 3.63) is 23.7 Å². The minimum Gasteiger partial charge on any atom is -0.465 e. The van der Waals surface area contributed by atoms with Gasteiger partial charge < -0.3 is 9.21 Å². The molecule has 0 spiro atoms. The van der Waals surface area contributed by atoms with Crippen molar-refractivity contribution >= 4 is 5.78 Å². The molecule has 0 fully saturated rings. The fraction of sp³-hybridized carbons (Fsp3) is 0.583. The lowest BCUT2D eigenvalue weighted by Crippen LogP contribution is -2.19. The van der Waals surface area contributed by atoms with E-state index in [1.807, 2.05) is 26.1 Å². The Morgan fingerprint density at radius 3 is 2.73 bits per heavy atom. The van der Waals surface area contributed by atoms with Crippen molar-refractivity contribution < 1.29 is 9.21 Å². The van der Waals surface area contributed by atoms with Crippen LogP contribution in [-0.4, -0.2) is 24.3 Å². The molecule has 0 N–H and O–H groups in total. The van der Waals surface area contributed by atoms with Crippen molar-refractivity contribution in [2.75, 3.05) is 13.6 Å². The van der Waals surface area contributed by atoms with Crippen molar-refractivity contribution in [3.63, 3.8) is 0 Å². The van der Waals surface area contributed by atoms with Crippen LogP contribution in [0.2, 0.25) is 0 Å². The molecule has 0 bridgehead atoms. The zero-order valence-corrected chi connectivity index (χ0v) is 9.75. The predicted octanol–water partition coefficient (Wildman–Crippen LogP) is 2.39.